The van der Waals surface area contributed by atoms with Gasteiger partial charge in [0.05, 0.1) is 29.8 Å². The molecule has 0 fully saturated rings. The SMILES string of the molecule is COc1ccc(-c2nn(-c3ccccc3)cc2C=C2C(=O)N(c3ccccc3)N=C2C)c(C)c1. The fourth-order valence-electron chi connectivity index (χ4n) is 4.03. The number of anilines is 1. The van der Waals surface area contributed by atoms with Crippen LogP contribution in [0.15, 0.2) is 95.7 Å². The third kappa shape index (κ3) is 3.90. The van der Waals surface area contributed by atoms with E-state index in [-0.39, 0.29) is 5.91 Å². The molecule has 1 aromatic heterocycles. The number of para-hydroxylation sites is 2. The molecule has 6 heteroatoms. The number of methoxy groups -OCH3 is 1. The van der Waals surface area contributed by atoms with E-state index < -0.39 is 0 Å². The molecule has 2 heterocycles. The van der Waals surface area contributed by atoms with Gasteiger partial charge in [0.2, 0.25) is 0 Å². The molecule has 168 valence electrons. The summed E-state index contributed by atoms with van der Waals surface area (Å²) in [6.45, 7) is 3.88. The minimum Gasteiger partial charge on any atom is -0.497 e. The van der Waals surface area contributed by atoms with Crippen molar-refractivity contribution in [2.24, 2.45) is 5.10 Å². The third-order valence-corrected chi connectivity index (χ3v) is 5.82. The number of amides is 1. The molecule has 1 aliphatic rings. The monoisotopic (exact) mass is 448 g/mol. The van der Waals surface area contributed by atoms with E-state index in [1.54, 1.807) is 7.11 Å². The molecular weight excluding hydrogens is 424 g/mol. The normalized spacial score (nSPS) is 14.6. The summed E-state index contributed by atoms with van der Waals surface area (Å²) in [5.74, 6) is 0.629. The summed E-state index contributed by atoms with van der Waals surface area (Å²) in [5, 5.41) is 10.9. The maximum atomic E-state index is 13.3. The van der Waals surface area contributed by atoms with E-state index in [2.05, 4.69) is 5.10 Å². The Morgan fingerprint density at radius 3 is 2.21 bits per heavy atom. The zero-order valence-corrected chi connectivity index (χ0v) is 19.3. The standard InChI is InChI=1S/C28H24N4O2/c1-19-16-24(34-3)14-15-25(19)27-21(18-31(30-27)22-10-6-4-7-11-22)17-26-20(2)29-32(28(26)33)23-12-8-5-9-13-23/h4-18H,1-3H3. The molecule has 0 atom stereocenters. The first-order chi connectivity index (χ1) is 16.5. The predicted octanol–water partition coefficient (Wildman–Crippen LogP) is 5.66. The number of carbonyl (C=O) groups is 1. The van der Waals surface area contributed by atoms with Crippen molar-refractivity contribution < 1.29 is 9.53 Å². The minimum absolute atomic E-state index is 0.159. The fraction of sp³-hybridized carbons (Fsp3) is 0.107. The lowest BCUT2D eigenvalue weighted by molar-refractivity contribution is -0.114. The average Bonchev–Trinajstić information content (AvgIpc) is 3.41. The Balaban J connectivity index is 1.62. The minimum atomic E-state index is -0.159. The first kappa shape index (κ1) is 21.4. The zero-order valence-electron chi connectivity index (χ0n) is 19.3. The Morgan fingerprint density at radius 1 is 0.882 bits per heavy atom. The van der Waals surface area contributed by atoms with Gasteiger partial charge < -0.3 is 4.74 Å². The third-order valence-electron chi connectivity index (χ3n) is 5.82. The van der Waals surface area contributed by atoms with Crippen LogP contribution in [-0.4, -0.2) is 28.5 Å². The van der Waals surface area contributed by atoms with Crippen molar-refractivity contribution in [3.63, 3.8) is 0 Å². The number of ether oxygens (including phenoxy) is 1. The second-order valence-electron chi connectivity index (χ2n) is 8.09. The highest BCUT2D eigenvalue weighted by Crippen LogP contribution is 2.32. The van der Waals surface area contributed by atoms with Gasteiger partial charge in [0.1, 0.15) is 11.4 Å². The molecule has 3 aromatic carbocycles. The smallest absolute Gasteiger partial charge is 0.280 e. The molecule has 6 nitrogen and oxygen atoms in total. The number of nitrogens with zero attached hydrogens (tertiary/aromatic N) is 4. The highest BCUT2D eigenvalue weighted by atomic mass is 16.5. The van der Waals surface area contributed by atoms with Crippen LogP contribution in [-0.2, 0) is 4.79 Å². The lowest BCUT2D eigenvalue weighted by atomic mass is 10.0. The van der Waals surface area contributed by atoms with Crippen LogP contribution in [0.2, 0.25) is 0 Å². The number of carbonyl (C=O) groups excluding carboxylic acids is 1. The fourth-order valence-corrected chi connectivity index (χ4v) is 4.03. The van der Waals surface area contributed by atoms with Crippen LogP contribution >= 0.6 is 0 Å². The van der Waals surface area contributed by atoms with Crippen LogP contribution in [0.5, 0.6) is 5.75 Å². The molecule has 0 spiro atoms. The van der Waals surface area contributed by atoms with Gasteiger partial charge in [0, 0.05) is 17.3 Å². The van der Waals surface area contributed by atoms with E-state index in [4.69, 9.17) is 9.84 Å². The highest BCUT2D eigenvalue weighted by Gasteiger charge is 2.29. The highest BCUT2D eigenvalue weighted by molar-refractivity contribution is 6.32. The second kappa shape index (κ2) is 8.83. The molecule has 0 aliphatic carbocycles. The van der Waals surface area contributed by atoms with E-state index in [1.165, 1.54) is 5.01 Å². The van der Waals surface area contributed by atoms with E-state index in [0.29, 0.717) is 11.3 Å². The molecule has 0 radical (unpaired) electrons. The van der Waals surface area contributed by atoms with Gasteiger partial charge in [-0.15, -0.1) is 0 Å². The summed E-state index contributed by atoms with van der Waals surface area (Å²) < 4.78 is 7.22. The van der Waals surface area contributed by atoms with Crippen LogP contribution in [0, 0.1) is 6.92 Å². The van der Waals surface area contributed by atoms with Gasteiger partial charge in [-0.3, -0.25) is 4.79 Å². The molecule has 34 heavy (non-hydrogen) atoms. The summed E-state index contributed by atoms with van der Waals surface area (Å²) in [6, 6.07) is 25.3. The first-order valence-electron chi connectivity index (χ1n) is 11.0. The number of benzene rings is 3. The van der Waals surface area contributed by atoms with Gasteiger partial charge in [0.15, 0.2) is 0 Å². The van der Waals surface area contributed by atoms with Crippen LogP contribution in [0.4, 0.5) is 5.69 Å². The first-order valence-corrected chi connectivity index (χ1v) is 11.0. The van der Waals surface area contributed by atoms with E-state index >= 15 is 0 Å². The average molecular weight is 449 g/mol. The van der Waals surface area contributed by atoms with Gasteiger partial charge in [-0.2, -0.15) is 15.2 Å². The summed E-state index contributed by atoms with van der Waals surface area (Å²) in [5.41, 5.74) is 6.52. The number of aryl methyl sites for hydroxylation is 1. The maximum absolute atomic E-state index is 13.3. The molecule has 0 N–H and O–H groups in total. The second-order valence-corrected chi connectivity index (χ2v) is 8.09. The van der Waals surface area contributed by atoms with Crippen LogP contribution in [0.3, 0.4) is 0 Å². The van der Waals surface area contributed by atoms with Gasteiger partial charge in [-0.1, -0.05) is 36.4 Å². The van der Waals surface area contributed by atoms with E-state index in [1.807, 2.05) is 110 Å². The Kier molecular flexibility index (Phi) is 5.55. The van der Waals surface area contributed by atoms with E-state index in [9.17, 15) is 4.79 Å². The molecule has 0 unspecified atom stereocenters. The summed E-state index contributed by atoms with van der Waals surface area (Å²) in [6.07, 6.45) is 3.84. The molecule has 1 aliphatic heterocycles. The molecule has 0 bridgehead atoms. The number of hydrazone groups is 1. The lowest BCUT2D eigenvalue weighted by Crippen LogP contribution is -2.21. The van der Waals surface area contributed by atoms with Crippen molar-refractivity contribution in [1.82, 2.24) is 9.78 Å². The van der Waals surface area contributed by atoms with Crippen LogP contribution in [0.25, 0.3) is 23.0 Å². The zero-order chi connectivity index (χ0) is 23.7. The molecular formula is C28H24N4O2. The Labute approximate surface area is 198 Å². The molecule has 5 rings (SSSR count). The van der Waals surface area contributed by atoms with Crippen LogP contribution in [0.1, 0.15) is 18.1 Å². The maximum Gasteiger partial charge on any atom is 0.280 e. The van der Waals surface area contributed by atoms with Gasteiger partial charge in [0.25, 0.3) is 5.91 Å². The van der Waals surface area contributed by atoms with Crippen molar-refractivity contribution >= 4 is 23.4 Å². The number of aromatic nitrogens is 2. The summed E-state index contributed by atoms with van der Waals surface area (Å²) >= 11 is 0. The molecule has 4 aromatic rings. The Hall–Kier alpha value is -4.45. The predicted molar refractivity (Wildman–Crippen MR) is 135 cm³/mol. The van der Waals surface area contributed by atoms with Crippen molar-refractivity contribution in [2.75, 3.05) is 12.1 Å². The summed E-state index contributed by atoms with van der Waals surface area (Å²) in [7, 11) is 1.65. The largest absolute Gasteiger partial charge is 0.497 e. The topological polar surface area (TPSA) is 59.7 Å². The molecule has 1 amide bonds. The van der Waals surface area contributed by atoms with Crippen LogP contribution < -0.4 is 9.75 Å². The quantitative estimate of drug-likeness (QED) is 0.370. The van der Waals surface area contributed by atoms with Crippen molar-refractivity contribution in [3.8, 4) is 22.7 Å². The molecule has 0 saturated heterocycles. The van der Waals surface area contributed by atoms with Crippen molar-refractivity contribution in [1.29, 1.82) is 0 Å². The molecule has 0 saturated carbocycles. The number of hydrogen-bond acceptors (Lipinski definition) is 4. The van der Waals surface area contributed by atoms with Crippen molar-refractivity contribution in [3.05, 3.63) is 102 Å². The van der Waals surface area contributed by atoms with Crippen molar-refractivity contribution in [2.45, 2.75) is 13.8 Å². The number of hydrogen-bond donors (Lipinski definition) is 0. The van der Waals surface area contributed by atoms with Gasteiger partial charge in [-0.05, 0) is 68.0 Å². The van der Waals surface area contributed by atoms with Gasteiger partial charge >= 0.3 is 0 Å². The van der Waals surface area contributed by atoms with Gasteiger partial charge in [-0.25, -0.2) is 4.68 Å². The lowest BCUT2D eigenvalue weighted by Gasteiger charge is -2.11. The summed E-state index contributed by atoms with van der Waals surface area (Å²) in [4.78, 5) is 13.3. The Bertz CT molecular complexity index is 1420. The Morgan fingerprint density at radius 2 is 1.56 bits per heavy atom. The number of rotatable bonds is 5. The van der Waals surface area contributed by atoms with E-state index in [0.717, 1.165) is 39.5 Å².